The molecule has 5 aromatic rings. The Kier molecular flexibility index (Phi) is 7.29. The molecule has 0 bridgehead atoms. The summed E-state index contributed by atoms with van der Waals surface area (Å²) < 4.78 is 1.94. The maximum absolute atomic E-state index is 13.7. The first-order valence-corrected chi connectivity index (χ1v) is 12.4. The van der Waals surface area contributed by atoms with Gasteiger partial charge in [0.2, 0.25) is 0 Å². The standard InChI is InChI=1S/C32H25ClN2O2/c33-27-18-10-13-24(19-27)21-34-32(37)29-20-28(31(36)26-16-8-3-9-17-26)30(25-14-6-2-7-15-25)35(29)22-23-11-4-1-5-12-23/h1-20H,21-22H2,(H,34,37). The van der Waals surface area contributed by atoms with Crippen molar-refractivity contribution in [2.24, 2.45) is 0 Å². The molecule has 4 nitrogen and oxygen atoms in total. The van der Waals surface area contributed by atoms with Crippen molar-refractivity contribution in [3.63, 3.8) is 0 Å². The summed E-state index contributed by atoms with van der Waals surface area (Å²) in [5, 5.41) is 3.62. The van der Waals surface area contributed by atoms with Gasteiger partial charge in [-0.25, -0.2) is 0 Å². The van der Waals surface area contributed by atoms with E-state index in [0.717, 1.165) is 16.7 Å². The SMILES string of the molecule is O=C(c1ccccc1)c1cc(C(=O)NCc2cccc(Cl)c2)n(Cc2ccccc2)c1-c1ccccc1. The maximum Gasteiger partial charge on any atom is 0.268 e. The molecule has 5 heteroatoms. The molecule has 4 aromatic carbocycles. The van der Waals surface area contributed by atoms with Gasteiger partial charge in [-0.05, 0) is 34.9 Å². The molecule has 1 heterocycles. The number of rotatable bonds is 8. The van der Waals surface area contributed by atoms with Crippen LogP contribution in [-0.4, -0.2) is 16.3 Å². The average Bonchev–Trinajstić information content (AvgIpc) is 3.32. The second kappa shape index (κ2) is 11.1. The highest BCUT2D eigenvalue weighted by atomic mass is 35.5. The summed E-state index contributed by atoms with van der Waals surface area (Å²) >= 11 is 6.12. The fraction of sp³-hybridized carbons (Fsp3) is 0.0625. The molecule has 1 aromatic heterocycles. The molecule has 5 rings (SSSR count). The molecule has 0 spiro atoms. The summed E-state index contributed by atoms with van der Waals surface area (Å²) in [6.45, 7) is 0.756. The van der Waals surface area contributed by atoms with Gasteiger partial charge in [0.05, 0.1) is 5.69 Å². The van der Waals surface area contributed by atoms with Crippen LogP contribution >= 0.6 is 11.6 Å². The van der Waals surface area contributed by atoms with Gasteiger partial charge in [0.1, 0.15) is 5.69 Å². The van der Waals surface area contributed by atoms with Gasteiger partial charge >= 0.3 is 0 Å². The second-order valence-electron chi connectivity index (χ2n) is 8.74. The van der Waals surface area contributed by atoms with Crippen molar-refractivity contribution in [1.82, 2.24) is 9.88 Å². The quantitative estimate of drug-likeness (QED) is 0.231. The lowest BCUT2D eigenvalue weighted by molar-refractivity contribution is 0.0942. The Labute approximate surface area is 221 Å². The third kappa shape index (κ3) is 5.55. The third-order valence-electron chi connectivity index (χ3n) is 6.18. The largest absolute Gasteiger partial charge is 0.347 e. The van der Waals surface area contributed by atoms with Gasteiger partial charge in [-0.3, -0.25) is 9.59 Å². The fourth-order valence-electron chi connectivity index (χ4n) is 4.41. The summed E-state index contributed by atoms with van der Waals surface area (Å²) in [6, 6.07) is 37.9. The van der Waals surface area contributed by atoms with Crippen LogP contribution < -0.4 is 5.32 Å². The van der Waals surface area contributed by atoms with Crippen molar-refractivity contribution in [3.8, 4) is 11.3 Å². The van der Waals surface area contributed by atoms with Gasteiger partial charge in [-0.2, -0.15) is 0 Å². The van der Waals surface area contributed by atoms with E-state index in [1.807, 2.05) is 102 Å². The lowest BCUT2D eigenvalue weighted by Gasteiger charge is -2.15. The summed E-state index contributed by atoms with van der Waals surface area (Å²) in [6.07, 6.45) is 0. The van der Waals surface area contributed by atoms with Crippen LogP contribution in [0.25, 0.3) is 11.3 Å². The Bertz CT molecular complexity index is 1530. The van der Waals surface area contributed by atoms with Gasteiger partial charge in [0, 0.05) is 29.2 Å². The molecule has 37 heavy (non-hydrogen) atoms. The smallest absolute Gasteiger partial charge is 0.268 e. The molecule has 0 aliphatic carbocycles. The van der Waals surface area contributed by atoms with Crippen LogP contribution in [-0.2, 0) is 13.1 Å². The summed E-state index contributed by atoms with van der Waals surface area (Å²) in [5.41, 5.74) is 4.98. The Morgan fingerprint density at radius 3 is 2.00 bits per heavy atom. The van der Waals surface area contributed by atoms with E-state index >= 15 is 0 Å². The second-order valence-corrected chi connectivity index (χ2v) is 9.17. The van der Waals surface area contributed by atoms with Gasteiger partial charge in [-0.15, -0.1) is 0 Å². The Morgan fingerprint density at radius 2 is 1.32 bits per heavy atom. The first-order chi connectivity index (χ1) is 18.1. The van der Waals surface area contributed by atoms with E-state index in [4.69, 9.17) is 11.6 Å². The predicted octanol–water partition coefficient (Wildman–Crippen LogP) is 7.02. The molecule has 0 radical (unpaired) electrons. The van der Waals surface area contributed by atoms with Crippen LogP contribution in [0.5, 0.6) is 0 Å². The van der Waals surface area contributed by atoms with E-state index in [-0.39, 0.29) is 11.7 Å². The Balaban J connectivity index is 1.62. The van der Waals surface area contributed by atoms with Crippen molar-refractivity contribution in [3.05, 3.63) is 154 Å². The number of nitrogens with zero attached hydrogens (tertiary/aromatic N) is 1. The maximum atomic E-state index is 13.7. The zero-order valence-electron chi connectivity index (χ0n) is 20.1. The molecule has 0 aliphatic rings. The van der Waals surface area contributed by atoms with E-state index in [9.17, 15) is 9.59 Å². The summed E-state index contributed by atoms with van der Waals surface area (Å²) in [7, 11) is 0. The van der Waals surface area contributed by atoms with E-state index in [1.165, 1.54) is 0 Å². The molecular formula is C32H25ClN2O2. The molecule has 0 saturated heterocycles. The van der Waals surface area contributed by atoms with Gasteiger partial charge in [0.25, 0.3) is 5.91 Å². The highest BCUT2D eigenvalue weighted by Crippen LogP contribution is 2.31. The number of hydrogen-bond acceptors (Lipinski definition) is 2. The van der Waals surface area contributed by atoms with Crippen LogP contribution in [0.4, 0.5) is 0 Å². The van der Waals surface area contributed by atoms with Gasteiger partial charge < -0.3 is 9.88 Å². The lowest BCUT2D eigenvalue weighted by atomic mass is 10.00. The zero-order chi connectivity index (χ0) is 25.6. The van der Waals surface area contributed by atoms with Crippen LogP contribution in [0.3, 0.4) is 0 Å². The normalized spacial score (nSPS) is 10.7. The first kappa shape index (κ1) is 24.3. The summed E-state index contributed by atoms with van der Waals surface area (Å²) in [5.74, 6) is -0.393. The van der Waals surface area contributed by atoms with Crippen molar-refractivity contribution in [2.75, 3.05) is 0 Å². The van der Waals surface area contributed by atoms with Crippen molar-refractivity contribution < 1.29 is 9.59 Å². The molecule has 0 unspecified atom stereocenters. The molecule has 182 valence electrons. The minimum atomic E-state index is -0.264. The number of amides is 1. The lowest BCUT2D eigenvalue weighted by Crippen LogP contribution is -2.26. The monoisotopic (exact) mass is 504 g/mol. The highest BCUT2D eigenvalue weighted by Gasteiger charge is 2.25. The predicted molar refractivity (Wildman–Crippen MR) is 148 cm³/mol. The molecule has 1 amide bonds. The Hall–Kier alpha value is -4.41. The summed E-state index contributed by atoms with van der Waals surface area (Å²) in [4.78, 5) is 27.3. The molecule has 1 N–H and O–H groups in total. The topological polar surface area (TPSA) is 51.1 Å². The molecule has 0 atom stereocenters. The number of benzene rings is 4. The number of nitrogens with one attached hydrogen (secondary N) is 1. The average molecular weight is 505 g/mol. The number of carbonyl (C=O) groups is 2. The van der Waals surface area contributed by atoms with Crippen LogP contribution in [0.2, 0.25) is 5.02 Å². The number of carbonyl (C=O) groups excluding carboxylic acids is 2. The van der Waals surface area contributed by atoms with E-state index < -0.39 is 0 Å². The van der Waals surface area contributed by atoms with Gasteiger partial charge in [0.15, 0.2) is 5.78 Å². The Morgan fingerprint density at radius 1 is 0.703 bits per heavy atom. The number of aromatic nitrogens is 1. The van der Waals surface area contributed by atoms with Gasteiger partial charge in [-0.1, -0.05) is 115 Å². The van der Waals surface area contributed by atoms with Crippen molar-refractivity contribution >= 4 is 23.3 Å². The highest BCUT2D eigenvalue weighted by molar-refractivity contribution is 6.30. The zero-order valence-corrected chi connectivity index (χ0v) is 20.9. The first-order valence-electron chi connectivity index (χ1n) is 12.1. The number of halogens is 1. The van der Waals surface area contributed by atoms with Crippen LogP contribution in [0.15, 0.2) is 121 Å². The number of hydrogen-bond donors (Lipinski definition) is 1. The fourth-order valence-corrected chi connectivity index (χ4v) is 4.63. The molecule has 0 fully saturated rings. The van der Waals surface area contributed by atoms with E-state index in [1.54, 1.807) is 24.3 Å². The van der Waals surface area contributed by atoms with Crippen molar-refractivity contribution in [2.45, 2.75) is 13.1 Å². The van der Waals surface area contributed by atoms with Crippen LogP contribution in [0, 0.1) is 0 Å². The molecular weight excluding hydrogens is 480 g/mol. The minimum absolute atomic E-state index is 0.129. The van der Waals surface area contributed by atoms with Crippen molar-refractivity contribution in [1.29, 1.82) is 0 Å². The molecule has 0 saturated carbocycles. The van der Waals surface area contributed by atoms with Crippen LogP contribution in [0.1, 0.15) is 37.5 Å². The third-order valence-corrected chi connectivity index (χ3v) is 6.42. The molecule has 0 aliphatic heterocycles. The van der Waals surface area contributed by atoms with E-state index in [2.05, 4.69) is 5.32 Å². The van der Waals surface area contributed by atoms with E-state index in [0.29, 0.717) is 40.6 Å². The minimum Gasteiger partial charge on any atom is -0.347 e. The number of ketones is 1.